The van der Waals surface area contributed by atoms with Crippen molar-refractivity contribution in [2.24, 2.45) is 0 Å². The first-order valence-corrected chi connectivity index (χ1v) is 13.0. The zero-order chi connectivity index (χ0) is 24.8. The van der Waals surface area contributed by atoms with E-state index in [0.717, 1.165) is 29.0 Å². The van der Waals surface area contributed by atoms with Gasteiger partial charge in [-0.05, 0) is 55.2 Å². The van der Waals surface area contributed by atoms with Crippen molar-refractivity contribution >= 4 is 46.0 Å². The molecule has 4 rings (SSSR count). The van der Waals surface area contributed by atoms with Gasteiger partial charge < -0.3 is 9.47 Å². The third-order valence-electron chi connectivity index (χ3n) is 5.95. The average Bonchev–Trinajstić information content (AvgIpc) is 3.15. The number of aryl methyl sites for hydroxylation is 1. The van der Waals surface area contributed by atoms with Gasteiger partial charge in [0.1, 0.15) is 24.7 Å². The van der Waals surface area contributed by atoms with Crippen LogP contribution in [0.1, 0.15) is 42.9 Å². The van der Waals surface area contributed by atoms with Crippen LogP contribution in [0.5, 0.6) is 11.5 Å². The van der Waals surface area contributed by atoms with Gasteiger partial charge in [-0.15, -0.1) is 0 Å². The molecule has 0 radical (unpaired) electrons. The number of thiocarbonyl (C=S) groups is 1. The third kappa shape index (κ3) is 5.95. The number of amides is 1. The van der Waals surface area contributed by atoms with Gasteiger partial charge in [-0.1, -0.05) is 91.9 Å². The number of rotatable bonds is 9. The molecular formula is C29H29NO3S2. The van der Waals surface area contributed by atoms with Crippen molar-refractivity contribution in [3.05, 3.63) is 94.4 Å². The van der Waals surface area contributed by atoms with E-state index in [-0.39, 0.29) is 5.91 Å². The lowest BCUT2D eigenvalue weighted by Gasteiger charge is -2.16. The summed E-state index contributed by atoms with van der Waals surface area (Å²) in [5.74, 6) is 1.92. The van der Waals surface area contributed by atoms with Crippen molar-refractivity contribution in [3.63, 3.8) is 0 Å². The van der Waals surface area contributed by atoms with Crippen molar-refractivity contribution in [2.45, 2.75) is 33.1 Å². The Kier molecular flexibility index (Phi) is 8.26. The minimum Gasteiger partial charge on any atom is -0.490 e. The molecule has 1 aliphatic rings. The van der Waals surface area contributed by atoms with Crippen molar-refractivity contribution in [2.75, 3.05) is 18.1 Å². The fourth-order valence-corrected chi connectivity index (χ4v) is 5.09. The van der Waals surface area contributed by atoms with E-state index in [4.69, 9.17) is 21.7 Å². The number of nitrogens with zero attached hydrogens (tertiary/aromatic N) is 1. The second-order valence-corrected chi connectivity index (χ2v) is 10.1. The number of ether oxygens (including phenoxy) is 2. The lowest BCUT2D eigenvalue weighted by molar-refractivity contribution is -0.113. The summed E-state index contributed by atoms with van der Waals surface area (Å²) < 4.78 is 12.6. The zero-order valence-corrected chi connectivity index (χ0v) is 21.8. The first-order chi connectivity index (χ1) is 17.0. The fraction of sp³-hybridized carbons (Fsp3) is 0.241. The van der Waals surface area contributed by atoms with E-state index in [2.05, 4.69) is 19.9 Å². The Hall–Kier alpha value is -3.09. The molecule has 4 nitrogen and oxygen atoms in total. The summed E-state index contributed by atoms with van der Waals surface area (Å²) in [7, 11) is 0. The second kappa shape index (κ2) is 11.6. The smallest absolute Gasteiger partial charge is 0.270 e. The van der Waals surface area contributed by atoms with E-state index in [1.807, 2.05) is 79.7 Å². The molecule has 3 aromatic carbocycles. The van der Waals surface area contributed by atoms with Gasteiger partial charge >= 0.3 is 0 Å². The van der Waals surface area contributed by atoms with Gasteiger partial charge in [0.15, 0.2) is 4.32 Å². The molecule has 0 aromatic heterocycles. The van der Waals surface area contributed by atoms with Gasteiger partial charge in [0.05, 0.1) is 10.6 Å². The van der Waals surface area contributed by atoms with Crippen LogP contribution in [0.4, 0.5) is 5.69 Å². The summed E-state index contributed by atoms with van der Waals surface area (Å²) in [4.78, 5) is 15.3. The predicted octanol–water partition coefficient (Wildman–Crippen LogP) is 7.37. The number of benzene rings is 3. The highest BCUT2D eigenvalue weighted by Crippen LogP contribution is 2.37. The van der Waals surface area contributed by atoms with Gasteiger partial charge in [0, 0.05) is 5.56 Å². The molecule has 1 amide bonds. The van der Waals surface area contributed by atoms with Crippen molar-refractivity contribution in [1.29, 1.82) is 0 Å². The van der Waals surface area contributed by atoms with Crippen LogP contribution >= 0.6 is 24.0 Å². The molecule has 0 N–H and O–H groups in total. The second-order valence-electron chi connectivity index (χ2n) is 8.43. The molecule has 0 bridgehead atoms. The summed E-state index contributed by atoms with van der Waals surface area (Å²) in [5, 5.41) is 0. The lowest BCUT2D eigenvalue weighted by atomic mass is 9.98. The molecule has 0 aliphatic carbocycles. The topological polar surface area (TPSA) is 38.8 Å². The Bertz CT molecular complexity index is 1240. The monoisotopic (exact) mass is 503 g/mol. The molecule has 180 valence electrons. The Morgan fingerprint density at radius 2 is 1.57 bits per heavy atom. The minimum atomic E-state index is -0.122. The number of carbonyl (C=O) groups is 1. The Balaban J connectivity index is 1.43. The van der Waals surface area contributed by atoms with E-state index in [1.165, 1.54) is 17.3 Å². The van der Waals surface area contributed by atoms with Crippen LogP contribution in [-0.4, -0.2) is 23.4 Å². The molecule has 1 atom stereocenters. The van der Waals surface area contributed by atoms with E-state index in [1.54, 1.807) is 4.90 Å². The van der Waals surface area contributed by atoms with Crippen molar-refractivity contribution < 1.29 is 14.3 Å². The number of para-hydroxylation sites is 2. The molecule has 1 fully saturated rings. The van der Waals surface area contributed by atoms with Gasteiger partial charge in [-0.25, -0.2) is 0 Å². The normalized spacial score (nSPS) is 15.5. The molecular weight excluding hydrogens is 474 g/mol. The van der Waals surface area contributed by atoms with Crippen LogP contribution in [0.2, 0.25) is 0 Å². The van der Waals surface area contributed by atoms with Gasteiger partial charge in [-0.3, -0.25) is 9.69 Å². The Labute approximate surface area is 216 Å². The van der Waals surface area contributed by atoms with Crippen molar-refractivity contribution in [3.8, 4) is 11.5 Å². The van der Waals surface area contributed by atoms with Gasteiger partial charge in [-0.2, -0.15) is 0 Å². The van der Waals surface area contributed by atoms with Crippen LogP contribution in [-0.2, 0) is 4.79 Å². The number of anilines is 1. The highest BCUT2D eigenvalue weighted by molar-refractivity contribution is 8.27. The molecule has 6 heteroatoms. The number of carbonyl (C=O) groups excluding carboxylic acids is 1. The average molecular weight is 504 g/mol. The molecule has 0 saturated carbocycles. The van der Waals surface area contributed by atoms with Crippen LogP contribution in [0.15, 0.2) is 77.7 Å². The summed E-state index contributed by atoms with van der Waals surface area (Å²) in [5.41, 5.74) is 3.96. The highest BCUT2D eigenvalue weighted by Gasteiger charge is 2.33. The zero-order valence-electron chi connectivity index (χ0n) is 20.2. The maximum atomic E-state index is 13.1. The molecule has 1 heterocycles. The van der Waals surface area contributed by atoms with Gasteiger partial charge in [0.25, 0.3) is 5.91 Å². The fourth-order valence-electron chi connectivity index (χ4n) is 3.80. The van der Waals surface area contributed by atoms with E-state index in [0.29, 0.717) is 34.1 Å². The van der Waals surface area contributed by atoms with Crippen LogP contribution in [0.3, 0.4) is 0 Å². The molecule has 1 aliphatic heterocycles. The largest absolute Gasteiger partial charge is 0.490 e. The lowest BCUT2D eigenvalue weighted by Crippen LogP contribution is -2.27. The molecule has 0 spiro atoms. The molecule has 0 unspecified atom stereocenters. The van der Waals surface area contributed by atoms with Crippen LogP contribution < -0.4 is 14.4 Å². The standard InChI is InChI=1S/C29H29NO3S2/c1-4-21(3)24-10-6-8-12-26(24)33-18-17-32-25-11-7-5-9-22(25)19-27-28(31)30(29(34)35-27)23-15-13-20(2)14-16-23/h5-16,19,21H,4,17-18H2,1-3H3/b27-19-/t21-/m1/s1. The van der Waals surface area contributed by atoms with E-state index >= 15 is 0 Å². The maximum Gasteiger partial charge on any atom is 0.270 e. The summed E-state index contributed by atoms with van der Waals surface area (Å²) in [6.07, 6.45) is 2.91. The molecule has 3 aromatic rings. The first kappa shape index (κ1) is 25.0. The van der Waals surface area contributed by atoms with E-state index in [9.17, 15) is 4.79 Å². The quantitative estimate of drug-likeness (QED) is 0.173. The Morgan fingerprint density at radius 1 is 0.943 bits per heavy atom. The van der Waals surface area contributed by atoms with Crippen LogP contribution in [0.25, 0.3) is 6.08 Å². The maximum absolute atomic E-state index is 13.1. The van der Waals surface area contributed by atoms with Crippen molar-refractivity contribution in [1.82, 2.24) is 0 Å². The predicted molar refractivity (Wildman–Crippen MR) is 149 cm³/mol. The third-order valence-corrected chi connectivity index (χ3v) is 7.25. The molecule has 35 heavy (non-hydrogen) atoms. The molecule has 1 saturated heterocycles. The highest BCUT2D eigenvalue weighted by atomic mass is 32.2. The summed E-state index contributed by atoms with van der Waals surface area (Å²) in [6, 6.07) is 23.6. The number of hydrogen-bond donors (Lipinski definition) is 0. The minimum absolute atomic E-state index is 0.122. The van der Waals surface area contributed by atoms with Gasteiger partial charge in [0.2, 0.25) is 0 Å². The number of thioether (sulfide) groups is 1. The Morgan fingerprint density at radius 3 is 2.29 bits per heavy atom. The number of hydrogen-bond acceptors (Lipinski definition) is 5. The van der Waals surface area contributed by atoms with Crippen LogP contribution in [0, 0.1) is 6.92 Å². The SMILES string of the molecule is CC[C@@H](C)c1ccccc1OCCOc1ccccc1/C=C1\SC(=S)N(c2ccc(C)cc2)C1=O. The summed E-state index contributed by atoms with van der Waals surface area (Å²) >= 11 is 6.81. The summed E-state index contributed by atoms with van der Waals surface area (Å²) in [6.45, 7) is 7.22. The van der Waals surface area contributed by atoms with E-state index < -0.39 is 0 Å². The first-order valence-electron chi connectivity index (χ1n) is 11.8.